The van der Waals surface area contributed by atoms with Gasteiger partial charge in [-0.1, -0.05) is 6.07 Å². The summed E-state index contributed by atoms with van der Waals surface area (Å²) in [6.07, 6.45) is 3.70. The van der Waals surface area contributed by atoms with E-state index in [9.17, 15) is 9.59 Å². The smallest absolute Gasteiger partial charge is 0.374 e. The van der Waals surface area contributed by atoms with Crippen LogP contribution in [0.1, 0.15) is 45.6 Å². The van der Waals surface area contributed by atoms with E-state index in [0.717, 1.165) is 18.4 Å². The number of unbranched alkanes of at least 4 members (excludes halogenated alkanes) is 1. The van der Waals surface area contributed by atoms with Gasteiger partial charge in [0.05, 0.1) is 6.54 Å². The average molecular weight is 370 g/mol. The molecule has 0 fully saturated rings. The van der Waals surface area contributed by atoms with Crippen molar-refractivity contribution >= 4 is 14.6 Å². The van der Waals surface area contributed by atoms with Crippen LogP contribution >= 0.6 is 0 Å². The Labute approximate surface area is 151 Å². The number of aryl methyl sites for hydroxylation is 1. The second-order valence-corrected chi connectivity index (χ2v) is 8.63. The summed E-state index contributed by atoms with van der Waals surface area (Å²) < 4.78 is 18.9. The van der Waals surface area contributed by atoms with Gasteiger partial charge in [0.1, 0.15) is 0 Å². The zero-order valence-electron chi connectivity index (χ0n) is 15.9. The van der Waals surface area contributed by atoms with Crippen LogP contribution in [0.3, 0.4) is 0 Å². The van der Waals surface area contributed by atoms with Crippen LogP contribution in [0.25, 0.3) is 0 Å². The van der Waals surface area contributed by atoms with E-state index >= 15 is 0 Å². The molecule has 7 heteroatoms. The van der Waals surface area contributed by atoms with Crippen LogP contribution in [0, 0.1) is 6.92 Å². The number of ketones is 1. The molecule has 1 heterocycles. The third-order valence-corrected chi connectivity index (χ3v) is 6.91. The number of pyridine rings is 1. The van der Waals surface area contributed by atoms with Gasteiger partial charge in [0.25, 0.3) is 5.56 Å². The fourth-order valence-electron chi connectivity index (χ4n) is 2.71. The van der Waals surface area contributed by atoms with Crippen LogP contribution in [0.15, 0.2) is 23.1 Å². The van der Waals surface area contributed by atoms with Gasteiger partial charge in [0.2, 0.25) is 0 Å². The zero-order chi connectivity index (χ0) is 18.7. The molecule has 0 bridgehead atoms. The molecular formula is C18H31NO5Si. The topological polar surface area (TPSA) is 66.8 Å². The minimum atomic E-state index is -2.62. The second-order valence-electron chi connectivity index (χ2n) is 5.90. The lowest BCUT2D eigenvalue weighted by molar-refractivity contribution is -0.119. The first kappa shape index (κ1) is 21.8. The highest BCUT2D eigenvalue weighted by Crippen LogP contribution is 2.20. The van der Waals surface area contributed by atoms with E-state index in [4.69, 9.17) is 13.3 Å². The molecule has 25 heavy (non-hydrogen) atoms. The van der Waals surface area contributed by atoms with E-state index in [1.165, 1.54) is 10.6 Å². The predicted octanol–water partition coefficient (Wildman–Crippen LogP) is 2.94. The lowest BCUT2D eigenvalue weighted by atomic mass is 10.2. The Hall–Kier alpha value is -1.28. The first-order valence-corrected chi connectivity index (χ1v) is 11.0. The lowest BCUT2D eigenvalue weighted by Gasteiger charge is -2.28. The Balaban J connectivity index is 2.47. The fraction of sp³-hybridized carbons (Fsp3) is 0.667. The van der Waals surface area contributed by atoms with E-state index in [0.29, 0.717) is 32.3 Å². The molecule has 1 aromatic heterocycles. The average Bonchev–Trinajstić information content (AvgIpc) is 2.56. The Morgan fingerprint density at radius 2 is 1.64 bits per heavy atom. The summed E-state index contributed by atoms with van der Waals surface area (Å²) in [5, 5.41) is 0. The van der Waals surface area contributed by atoms with Crippen molar-refractivity contribution in [2.75, 3.05) is 19.8 Å². The molecule has 0 saturated carbocycles. The first-order valence-electron chi connectivity index (χ1n) is 9.07. The highest BCUT2D eigenvalue weighted by Gasteiger charge is 2.39. The van der Waals surface area contributed by atoms with Gasteiger partial charge in [0.15, 0.2) is 5.78 Å². The molecule has 0 N–H and O–H groups in total. The highest BCUT2D eigenvalue weighted by atomic mass is 28.4. The molecule has 0 aliphatic carbocycles. The number of carbonyl (C=O) groups is 1. The van der Waals surface area contributed by atoms with Crippen molar-refractivity contribution in [3.63, 3.8) is 0 Å². The van der Waals surface area contributed by atoms with Crippen LogP contribution < -0.4 is 5.56 Å². The molecule has 0 saturated heterocycles. The van der Waals surface area contributed by atoms with Crippen LogP contribution in [0.5, 0.6) is 0 Å². The number of Topliss-reactive ketones (excluding diaryl/α,β-unsaturated/α-hetero) is 1. The van der Waals surface area contributed by atoms with Crippen LogP contribution in [-0.2, 0) is 24.6 Å². The zero-order valence-corrected chi connectivity index (χ0v) is 16.9. The number of aromatic nitrogens is 1. The van der Waals surface area contributed by atoms with Crippen LogP contribution in [-0.4, -0.2) is 39.0 Å². The third kappa shape index (κ3) is 7.64. The molecule has 1 rings (SSSR count). The maximum Gasteiger partial charge on any atom is 0.500 e. The second kappa shape index (κ2) is 11.4. The van der Waals surface area contributed by atoms with Crippen molar-refractivity contribution in [3.05, 3.63) is 34.2 Å². The lowest BCUT2D eigenvalue weighted by Crippen LogP contribution is -2.45. The van der Waals surface area contributed by atoms with Gasteiger partial charge in [-0.3, -0.25) is 9.59 Å². The van der Waals surface area contributed by atoms with Crippen LogP contribution in [0.2, 0.25) is 6.04 Å². The van der Waals surface area contributed by atoms with Crippen molar-refractivity contribution in [1.82, 2.24) is 4.57 Å². The SMILES string of the molecule is CCO[Si](CCCCC(=O)Cn1cc(C)ccc1=O)(OCC)OCC. The quantitative estimate of drug-likeness (QED) is 0.395. The summed E-state index contributed by atoms with van der Waals surface area (Å²) in [6, 6.07) is 3.96. The number of rotatable bonds is 13. The van der Waals surface area contributed by atoms with E-state index < -0.39 is 8.80 Å². The number of carbonyl (C=O) groups excluding carboxylic acids is 1. The molecule has 0 unspecified atom stereocenters. The van der Waals surface area contributed by atoms with Gasteiger partial charge >= 0.3 is 8.80 Å². The van der Waals surface area contributed by atoms with Crippen molar-refractivity contribution in [3.8, 4) is 0 Å². The Morgan fingerprint density at radius 3 is 2.20 bits per heavy atom. The molecular weight excluding hydrogens is 338 g/mol. The van der Waals surface area contributed by atoms with Gasteiger partial charge in [-0.05, 0) is 46.1 Å². The van der Waals surface area contributed by atoms with Gasteiger partial charge in [-0.2, -0.15) is 0 Å². The van der Waals surface area contributed by atoms with E-state index in [2.05, 4.69) is 0 Å². The summed E-state index contributed by atoms with van der Waals surface area (Å²) in [5.74, 6) is 0.0594. The molecule has 0 amide bonds. The standard InChI is InChI=1S/C18H31NO5Si/c1-5-22-25(23-6-2,24-7-3)13-9-8-10-17(20)15-19-14-16(4)11-12-18(19)21/h11-12,14H,5-10,13,15H2,1-4H3. The fourth-order valence-corrected chi connectivity index (χ4v) is 5.39. The van der Waals surface area contributed by atoms with Gasteiger partial charge in [-0.25, -0.2) is 0 Å². The van der Waals surface area contributed by atoms with Crippen LogP contribution in [0.4, 0.5) is 0 Å². The minimum absolute atomic E-state index is 0.0594. The number of hydrogen-bond donors (Lipinski definition) is 0. The first-order chi connectivity index (χ1) is 12.0. The number of nitrogens with zero attached hydrogens (tertiary/aromatic N) is 1. The molecule has 0 spiro atoms. The normalized spacial score (nSPS) is 11.7. The maximum atomic E-state index is 12.1. The molecule has 1 aromatic rings. The molecule has 0 radical (unpaired) electrons. The Morgan fingerprint density at radius 1 is 1.04 bits per heavy atom. The Kier molecular flexibility index (Phi) is 9.88. The van der Waals surface area contributed by atoms with Crippen molar-refractivity contribution in [2.24, 2.45) is 0 Å². The maximum absolute atomic E-state index is 12.1. The molecule has 0 aromatic carbocycles. The molecule has 6 nitrogen and oxygen atoms in total. The van der Waals surface area contributed by atoms with Crippen molar-refractivity contribution in [1.29, 1.82) is 0 Å². The molecule has 0 atom stereocenters. The third-order valence-electron chi connectivity index (χ3n) is 3.76. The summed E-state index contributed by atoms with van der Waals surface area (Å²) >= 11 is 0. The van der Waals surface area contributed by atoms with E-state index in [-0.39, 0.29) is 17.9 Å². The van der Waals surface area contributed by atoms with Gasteiger partial charge in [0, 0.05) is 44.5 Å². The largest absolute Gasteiger partial charge is 0.500 e. The molecule has 0 aliphatic rings. The predicted molar refractivity (Wildman–Crippen MR) is 99.7 cm³/mol. The van der Waals surface area contributed by atoms with E-state index in [1.54, 1.807) is 12.3 Å². The molecule has 0 aliphatic heterocycles. The summed E-state index contributed by atoms with van der Waals surface area (Å²) in [7, 11) is -2.62. The minimum Gasteiger partial charge on any atom is -0.374 e. The number of hydrogen-bond acceptors (Lipinski definition) is 5. The Bertz CT molecular complexity index is 570. The summed E-state index contributed by atoms with van der Waals surface area (Å²) in [6.45, 7) is 9.50. The highest BCUT2D eigenvalue weighted by molar-refractivity contribution is 6.60. The van der Waals surface area contributed by atoms with Crippen molar-refractivity contribution < 1.29 is 18.1 Å². The van der Waals surface area contributed by atoms with Gasteiger partial charge in [-0.15, -0.1) is 0 Å². The monoisotopic (exact) mass is 369 g/mol. The van der Waals surface area contributed by atoms with Crippen molar-refractivity contribution in [2.45, 2.75) is 59.5 Å². The summed E-state index contributed by atoms with van der Waals surface area (Å²) in [5.41, 5.74) is 0.822. The molecule has 142 valence electrons. The van der Waals surface area contributed by atoms with E-state index in [1.807, 2.05) is 27.7 Å². The summed E-state index contributed by atoms with van der Waals surface area (Å²) in [4.78, 5) is 23.9. The van der Waals surface area contributed by atoms with Gasteiger partial charge < -0.3 is 17.8 Å².